The molecule has 30 heavy (non-hydrogen) atoms. The van der Waals surface area contributed by atoms with Gasteiger partial charge in [-0.3, -0.25) is 14.7 Å². The van der Waals surface area contributed by atoms with Crippen LogP contribution in [-0.2, 0) is 6.54 Å². The molecule has 4 aromatic rings. The number of pyridine rings is 1. The number of benzene rings is 1. The molecule has 2 atom stereocenters. The normalized spacial score (nSPS) is 20.0. The van der Waals surface area contributed by atoms with Gasteiger partial charge in [-0.1, -0.05) is 37.3 Å². The highest BCUT2D eigenvalue weighted by Gasteiger charge is 2.30. The Morgan fingerprint density at radius 2 is 2.07 bits per heavy atom. The molecule has 0 spiro atoms. The van der Waals surface area contributed by atoms with Crippen LogP contribution in [0, 0.1) is 5.92 Å². The van der Waals surface area contributed by atoms with Gasteiger partial charge in [0.15, 0.2) is 5.65 Å². The number of carbonyl (C=O) groups is 1. The summed E-state index contributed by atoms with van der Waals surface area (Å²) in [4.78, 5) is 22.7. The van der Waals surface area contributed by atoms with Crippen molar-refractivity contribution in [3.63, 3.8) is 0 Å². The van der Waals surface area contributed by atoms with Crippen LogP contribution < -0.4 is 10.5 Å². The van der Waals surface area contributed by atoms with Crippen molar-refractivity contribution in [1.29, 1.82) is 0 Å². The number of hydrogen-bond acceptors (Lipinski definition) is 5. The molecule has 3 aromatic heterocycles. The molecule has 1 aliphatic heterocycles. The van der Waals surface area contributed by atoms with Crippen molar-refractivity contribution in [2.75, 3.05) is 13.1 Å². The lowest BCUT2D eigenvalue weighted by atomic mass is 9.93. The Morgan fingerprint density at radius 1 is 1.23 bits per heavy atom. The first-order valence-corrected chi connectivity index (χ1v) is 10.2. The Labute approximate surface area is 173 Å². The lowest BCUT2D eigenvalue weighted by Crippen LogP contribution is -2.40. The van der Waals surface area contributed by atoms with Gasteiger partial charge in [0.25, 0.3) is 0 Å². The van der Waals surface area contributed by atoms with Crippen LogP contribution in [-0.4, -0.2) is 43.8 Å². The maximum absolute atomic E-state index is 11.5. The van der Waals surface area contributed by atoms with E-state index in [0.717, 1.165) is 42.3 Å². The molecule has 3 N–H and O–H groups in total. The molecular weight excluding hydrogens is 380 g/mol. The highest BCUT2D eigenvalue weighted by molar-refractivity contribution is 6.04. The summed E-state index contributed by atoms with van der Waals surface area (Å²) >= 11 is 0. The number of fused-ring (bicyclic) bond motifs is 3. The van der Waals surface area contributed by atoms with Gasteiger partial charge < -0.3 is 10.5 Å². The molecule has 5 rings (SSSR count). The number of rotatable bonds is 4. The molecule has 4 heterocycles. The van der Waals surface area contributed by atoms with Crippen molar-refractivity contribution in [1.82, 2.24) is 24.6 Å². The molecule has 1 amide bonds. The topological polar surface area (TPSA) is 102 Å². The van der Waals surface area contributed by atoms with Crippen LogP contribution >= 0.6 is 0 Å². The monoisotopic (exact) mass is 404 g/mol. The van der Waals surface area contributed by atoms with Gasteiger partial charge in [0, 0.05) is 30.9 Å². The standard InChI is InChI=1S/C22H24N6O2/c1-14-8-10-27(12-15-5-3-2-4-6-15)13-18(14)28-19-16-7-9-24-20(16)25-11-17(19)21(26-28)30-22(23)29/h2-7,9,11,14,18,26H,8,10,12-13H2,1H3,(H2,23,29)/t14-,18-/m0/s1. The minimum Gasteiger partial charge on any atom is -0.391 e. The molecule has 0 unspecified atom stereocenters. The molecule has 1 aromatic carbocycles. The fraction of sp³-hybridized carbons (Fsp3) is 0.318. The average molecular weight is 404 g/mol. The maximum atomic E-state index is 11.5. The summed E-state index contributed by atoms with van der Waals surface area (Å²) in [5, 5.41) is 4.94. The number of nitrogens with one attached hydrogen (secondary N) is 1. The number of amides is 1. The smallest absolute Gasteiger partial charge is 0.391 e. The zero-order chi connectivity index (χ0) is 20.7. The number of aromatic amines is 1. The Morgan fingerprint density at radius 3 is 2.87 bits per heavy atom. The highest BCUT2D eigenvalue weighted by atomic mass is 16.6. The van der Waals surface area contributed by atoms with E-state index in [4.69, 9.17) is 10.5 Å². The van der Waals surface area contributed by atoms with Crippen LogP contribution in [0.1, 0.15) is 24.9 Å². The van der Waals surface area contributed by atoms with Crippen molar-refractivity contribution in [3.05, 3.63) is 54.4 Å². The van der Waals surface area contributed by atoms with Crippen LogP contribution in [0.2, 0.25) is 0 Å². The second kappa shape index (κ2) is 7.46. The summed E-state index contributed by atoms with van der Waals surface area (Å²) in [6.45, 7) is 5.10. The van der Waals surface area contributed by atoms with Crippen LogP contribution in [0.4, 0.5) is 4.79 Å². The Hall–Kier alpha value is -3.39. The van der Waals surface area contributed by atoms with Gasteiger partial charge in [0.1, 0.15) is 0 Å². The SMILES string of the molecule is C[C@H]1CCN(Cc2ccccc2)C[C@@H]1n1[nH]c(OC(N)=O)c2cnc3nccc3c21. The zero-order valence-corrected chi connectivity index (χ0v) is 16.8. The molecule has 1 saturated heterocycles. The molecule has 0 radical (unpaired) electrons. The Balaban J connectivity index is 1.56. The lowest BCUT2D eigenvalue weighted by Gasteiger charge is -2.38. The number of aromatic nitrogens is 4. The third-order valence-electron chi connectivity index (χ3n) is 6.00. The number of ether oxygens (including phenoxy) is 1. The summed E-state index contributed by atoms with van der Waals surface area (Å²) in [6, 6.07) is 12.6. The van der Waals surface area contributed by atoms with Gasteiger partial charge in [0.2, 0.25) is 5.88 Å². The van der Waals surface area contributed by atoms with Crippen molar-refractivity contribution < 1.29 is 9.53 Å². The predicted octanol–water partition coefficient (Wildman–Crippen LogP) is 3.45. The number of nitrogens with two attached hydrogens (primary N) is 1. The quantitative estimate of drug-likeness (QED) is 0.542. The van der Waals surface area contributed by atoms with Crippen LogP contribution in [0.25, 0.3) is 21.9 Å². The number of likely N-dealkylation sites (tertiary alicyclic amines) is 1. The molecule has 0 saturated carbocycles. The lowest BCUT2D eigenvalue weighted by molar-refractivity contribution is 0.121. The fourth-order valence-electron chi connectivity index (χ4n) is 4.46. The molecule has 8 nitrogen and oxygen atoms in total. The van der Waals surface area contributed by atoms with Crippen molar-refractivity contribution in [3.8, 4) is 5.88 Å². The van der Waals surface area contributed by atoms with Crippen LogP contribution in [0.5, 0.6) is 5.88 Å². The molecule has 0 bridgehead atoms. The number of primary amides is 1. The average Bonchev–Trinajstić information content (AvgIpc) is 3.34. The number of nitrogens with zero attached hydrogens (tertiary/aromatic N) is 4. The van der Waals surface area contributed by atoms with E-state index in [1.54, 1.807) is 12.4 Å². The number of carbonyl (C=O) groups excluding carboxylic acids is 1. The number of piperidine rings is 1. The van der Waals surface area contributed by atoms with E-state index in [0.29, 0.717) is 17.4 Å². The van der Waals surface area contributed by atoms with Crippen molar-refractivity contribution >= 4 is 28.0 Å². The van der Waals surface area contributed by atoms with E-state index in [-0.39, 0.29) is 6.04 Å². The van der Waals surface area contributed by atoms with E-state index in [2.05, 4.69) is 55.8 Å². The van der Waals surface area contributed by atoms with E-state index in [9.17, 15) is 4.79 Å². The summed E-state index contributed by atoms with van der Waals surface area (Å²) in [6.07, 6.45) is 3.65. The second-order valence-electron chi connectivity index (χ2n) is 7.99. The minimum absolute atomic E-state index is 0.177. The van der Waals surface area contributed by atoms with Crippen LogP contribution in [0.15, 0.2) is 48.8 Å². The summed E-state index contributed by atoms with van der Waals surface area (Å²) in [5.41, 5.74) is 8.21. The first-order chi connectivity index (χ1) is 14.6. The summed E-state index contributed by atoms with van der Waals surface area (Å²) in [7, 11) is 0. The first kappa shape index (κ1) is 18.6. The Kier molecular flexibility index (Phi) is 4.63. The molecular formula is C22H24N6O2. The van der Waals surface area contributed by atoms with Crippen molar-refractivity contribution in [2.45, 2.75) is 25.9 Å². The molecule has 154 valence electrons. The molecule has 8 heteroatoms. The van der Waals surface area contributed by atoms with Gasteiger partial charge in [-0.2, -0.15) is 0 Å². The maximum Gasteiger partial charge on any atom is 0.411 e. The highest BCUT2D eigenvalue weighted by Crippen LogP contribution is 2.36. The molecule has 0 aliphatic carbocycles. The largest absolute Gasteiger partial charge is 0.411 e. The minimum atomic E-state index is -0.853. The van der Waals surface area contributed by atoms with E-state index in [1.165, 1.54) is 5.56 Å². The van der Waals surface area contributed by atoms with Gasteiger partial charge in [-0.15, -0.1) is 0 Å². The molecule has 1 fully saturated rings. The number of H-pyrrole nitrogens is 1. The van der Waals surface area contributed by atoms with E-state index < -0.39 is 6.09 Å². The van der Waals surface area contributed by atoms with Crippen molar-refractivity contribution in [2.24, 2.45) is 11.7 Å². The van der Waals surface area contributed by atoms with E-state index in [1.807, 2.05) is 12.1 Å². The second-order valence-corrected chi connectivity index (χ2v) is 7.99. The van der Waals surface area contributed by atoms with Gasteiger partial charge >= 0.3 is 6.09 Å². The Bertz CT molecular complexity index is 1200. The van der Waals surface area contributed by atoms with Gasteiger partial charge in [0.05, 0.1) is 16.9 Å². The van der Waals surface area contributed by atoms with Crippen LogP contribution in [0.3, 0.4) is 0 Å². The summed E-state index contributed by atoms with van der Waals surface area (Å²) < 4.78 is 7.38. The summed E-state index contributed by atoms with van der Waals surface area (Å²) in [5.74, 6) is 0.761. The van der Waals surface area contributed by atoms with Gasteiger partial charge in [-0.25, -0.2) is 14.8 Å². The predicted molar refractivity (Wildman–Crippen MR) is 114 cm³/mol. The zero-order valence-electron chi connectivity index (χ0n) is 16.8. The third-order valence-corrected chi connectivity index (χ3v) is 6.00. The first-order valence-electron chi connectivity index (χ1n) is 10.2. The fourth-order valence-corrected chi connectivity index (χ4v) is 4.46. The third kappa shape index (κ3) is 3.29. The molecule has 1 aliphatic rings. The van der Waals surface area contributed by atoms with Gasteiger partial charge in [-0.05, 0) is 30.5 Å². The number of hydrogen-bond donors (Lipinski definition) is 2. The van der Waals surface area contributed by atoms with E-state index >= 15 is 0 Å².